The molecule has 3 rings (SSSR count). The number of hydrogen-bond donors (Lipinski definition) is 1. The fraction of sp³-hybridized carbons (Fsp3) is 0.444. The van der Waals surface area contributed by atoms with Crippen LogP contribution in [0.1, 0.15) is 24.2 Å². The van der Waals surface area contributed by atoms with Crippen LogP contribution in [0.3, 0.4) is 0 Å². The van der Waals surface area contributed by atoms with Gasteiger partial charge in [-0.3, -0.25) is 9.59 Å². The van der Waals surface area contributed by atoms with Gasteiger partial charge in [-0.2, -0.15) is 0 Å². The number of nitrogens with zero attached hydrogens (tertiary/aromatic N) is 5. The number of anilines is 2. The van der Waals surface area contributed by atoms with Gasteiger partial charge in [0.05, 0.1) is 0 Å². The van der Waals surface area contributed by atoms with Crippen LogP contribution < -0.4 is 10.2 Å². The van der Waals surface area contributed by atoms with Gasteiger partial charge < -0.3 is 19.7 Å². The predicted octanol–water partition coefficient (Wildman–Crippen LogP) is 1.37. The van der Waals surface area contributed by atoms with Crippen LogP contribution in [0.2, 0.25) is 0 Å². The Kier molecular flexibility index (Phi) is 5.20. The average molecular weight is 356 g/mol. The van der Waals surface area contributed by atoms with E-state index >= 15 is 0 Å². The summed E-state index contributed by atoms with van der Waals surface area (Å²) in [7, 11) is 1.96. The Morgan fingerprint density at radius 3 is 2.46 bits per heavy atom. The van der Waals surface area contributed by atoms with Gasteiger partial charge in [-0.05, 0) is 12.1 Å². The zero-order valence-corrected chi connectivity index (χ0v) is 15.3. The second-order valence-corrected chi connectivity index (χ2v) is 6.69. The summed E-state index contributed by atoms with van der Waals surface area (Å²) in [6.07, 6.45) is 5.24. The van der Waals surface area contributed by atoms with Crippen molar-refractivity contribution in [1.82, 2.24) is 19.4 Å². The molecular weight excluding hydrogens is 332 g/mol. The van der Waals surface area contributed by atoms with Crippen molar-refractivity contribution >= 4 is 23.6 Å². The molecule has 0 saturated carbocycles. The third-order valence-corrected chi connectivity index (χ3v) is 4.43. The number of rotatable bonds is 4. The molecule has 2 aromatic heterocycles. The van der Waals surface area contributed by atoms with Gasteiger partial charge in [-0.25, -0.2) is 9.97 Å². The Morgan fingerprint density at radius 2 is 1.85 bits per heavy atom. The third-order valence-electron chi connectivity index (χ3n) is 4.43. The minimum atomic E-state index is -0.143. The Morgan fingerprint density at radius 1 is 1.12 bits per heavy atom. The molecule has 0 aromatic carbocycles. The fourth-order valence-electron chi connectivity index (χ4n) is 2.86. The molecule has 0 atom stereocenters. The van der Waals surface area contributed by atoms with E-state index in [4.69, 9.17) is 0 Å². The van der Waals surface area contributed by atoms with Crippen LogP contribution >= 0.6 is 0 Å². The SMILES string of the molecule is CC(C)C(=O)Nc1cc(C(=O)N2CCN(c3nccn3C)CC2)ccn1. The van der Waals surface area contributed by atoms with Crippen LogP contribution in [0, 0.1) is 5.92 Å². The molecule has 0 bridgehead atoms. The standard InChI is InChI=1S/C18H24N6O2/c1-13(2)16(25)21-15-12-14(4-5-19-15)17(26)23-8-10-24(11-9-23)18-20-6-7-22(18)3/h4-7,12-13H,8-11H2,1-3H3,(H,19,21,25). The first-order chi connectivity index (χ1) is 12.5. The van der Waals surface area contributed by atoms with Crippen molar-refractivity contribution in [2.24, 2.45) is 13.0 Å². The lowest BCUT2D eigenvalue weighted by atomic mass is 10.2. The maximum absolute atomic E-state index is 12.8. The summed E-state index contributed by atoms with van der Waals surface area (Å²) in [6.45, 7) is 6.34. The minimum Gasteiger partial charge on any atom is -0.339 e. The number of piperazine rings is 1. The first-order valence-corrected chi connectivity index (χ1v) is 8.74. The molecule has 1 saturated heterocycles. The van der Waals surface area contributed by atoms with Crippen molar-refractivity contribution in [3.05, 3.63) is 36.3 Å². The zero-order chi connectivity index (χ0) is 18.7. The van der Waals surface area contributed by atoms with Crippen molar-refractivity contribution < 1.29 is 9.59 Å². The predicted molar refractivity (Wildman–Crippen MR) is 99.0 cm³/mol. The van der Waals surface area contributed by atoms with Crippen molar-refractivity contribution in [3.8, 4) is 0 Å². The monoisotopic (exact) mass is 356 g/mol. The largest absolute Gasteiger partial charge is 0.339 e. The molecule has 1 aliphatic heterocycles. The van der Waals surface area contributed by atoms with Gasteiger partial charge in [-0.15, -0.1) is 0 Å². The quantitative estimate of drug-likeness (QED) is 0.895. The number of carbonyl (C=O) groups excluding carboxylic acids is 2. The van der Waals surface area contributed by atoms with E-state index in [-0.39, 0.29) is 17.7 Å². The first-order valence-electron chi connectivity index (χ1n) is 8.74. The van der Waals surface area contributed by atoms with Crippen LogP contribution in [0.5, 0.6) is 0 Å². The van der Waals surface area contributed by atoms with E-state index in [0.717, 1.165) is 19.0 Å². The molecular formula is C18H24N6O2. The number of amides is 2. The number of carbonyl (C=O) groups is 2. The van der Waals surface area contributed by atoms with E-state index in [0.29, 0.717) is 24.5 Å². The number of aromatic nitrogens is 3. The van der Waals surface area contributed by atoms with Crippen molar-refractivity contribution in [3.63, 3.8) is 0 Å². The number of imidazole rings is 1. The van der Waals surface area contributed by atoms with Gasteiger partial charge in [0.25, 0.3) is 5.91 Å². The lowest BCUT2D eigenvalue weighted by molar-refractivity contribution is -0.118. The second-order valence-electron chi connectivity index (χ2n) is 6.69. The molecule has 2 amide bonds. The van der Waals surface area contributed by atoms with Gasteiger partial charge in [0, 0.05) is 63.3 Å². The molecule has 3 heterocycles. The number of hydrogen-bond acceptors (Lipinski definition) is 5. The number of aryl methyl sites for hydroxylation is 1. The maximum Gasteiger partial charge on any atom is 0.254 e. The molecule has 0 spiro atoms. The van der Waals surface area contributed by atoms with Crippen LogP contribution in [0.25, 0.3) is 0 Å². The summed E-state index contributed by atoms with van der Waals surface area (Å²) in [5.41, 5.74) is 0.532. The summed E-state index contributed by atoms with van der Waals surface area (Å²) in [4.78, 5) is 37.1. The molecule has 8 nitrogen and oxygen atoms in total. The van der Waals surface area contributed by atoms with E-state index in [9.17, 15) is 9.59 Å². The van der Waals surface area contributed by atoms with Crippen LogP contribution in [-0.4, -0.2) is 57.4 Å². The lowest BCUT2D eigenvalue weighted by Crippen LogP contribution is -2.49. The normalized spacial score (nSPS) is 14.6. The first kappa shape index (κ1) is 17.9. The summed E-state index contributed by atoms with van der Waals surface area (Å²) in [5, 5.41) is 2.73. The number of pyridine rings is 1. The molecule has 8 heteroatoms. The summed E-state index contributed by atoms with van der Waals surface area (Å²) >= 11 is 0. The molecule has 138 valence electrons. The highest BCUT2D eigenvalue weighted by Gasteiger charge is 2.24. The topological polar surface area (TPSA) is 83.4 Å². The van der Waals surface area contributed by atoms with E-state index < -0.39 is 0 Å². The van der Waals surface area contributed by atoms with Gasteiger partial charge in [0.15, 0.2) is 0 Å². The van der Waals surface area contributed by atoms with Crippen LogP contribution in [0.4, 0.5) is 11.8 Å². The Balaban J connectivity index is 1.63. The van der Waals surface area contributed by atoms with Crippen molar-refractivity contribution in [2.45, 2.75) is 13.8 Å². The highest BCUT2D eigenvalue weighted by molar-refractivity contribution is 5.97. The summed E-state index contributed by atoms with van der Waals surface area (Å²) in [6, 6.07) is 3.31. The Bertz CT molecular complexity index is 792. The maximum atomic E-state index is 12.8. The molecule has 26 heavy (non-hydrogen) atoms. The highest BCUT2D eigenvalue weighted by Crippen LogP contribution is 2.16. The molecule has 1 fully saturated rings. The molecule has 2 aromatic rings. The van der Waals surface area contributed by atoms with Gasteiger partial charge in [0.2, 0.25) is 11.9 Å². The molecule has 0 unspecified atom stereocenters. The molecule has 0 radical (unpaired) electrons. The molecule has 0 aliphatic carbocycles. The van der Waals surface area contributed by atoms with E-state index in [1.54, 1.807) is 24.5 Å². The lowest BCUT2D eigenvalue weighted by Gasteiger charge is -2.35. The van der Waals surface area contributed by atoms with Crippen molar-refractivity contribution in [2.75, 3.05) is 36.4 Å². The minimum absolute atomic E-state index is 0.0491. The second kappa shape index (κ2) is 7.55. The highest BCUT2D eigenvalue weighted by atomic mass is 16.2. The van der Waals surface area contributed by atoms with Crippen LogP contribution in [-0.2, 0) is 11.8 Å². The zero-order valence-electron chi connectivity index (χ0n) is 15.3. The van der Waals surface area contributed by atoms with Gasteiger partial charge in [-0.1, -0.05) is 13.8 Å². The number of nitrogens with one attached hydrogen (secondary N) is 1. The summed E-state index contributed by atoms with van der Waals surface area (Å²) in [5.74, 6) is 1.01. The third kappa shape index (κ3) is 3.84. The van der Waals surface area contributed by atoms with E-state index in [2.05, 4.69) is 20.2 Å². The van der Waals surface area contributed by atoms with Gasteiger partial charge >= 0.3 is 0 Å². The van der Waals surface area contributed by atoms with Gasteiger partial charge in [0.1, 0.15) is 5.82 Å². The summed E-state index contributed by atoms with van der Waals surface area (Å²) < 4.78 is 1.98. The Hall–Kier alpha value is -2.90. The molecule has 1 aliphatic rings. The molecule has 1 N–H and O–H groups in total. The van der Waals surface area contributed by atoms with Crippen molar-refractivity contribution in [1.29, 1.82) is 0 Å². The fourth-order valence-corrected chi connectivity index (χ4v) is 2.86. The smallest absolute Gasteiger partial charge is 0.254 e. The van der Waals surface area contributed by atoms with Crippen LogP contribution in [0.15, 0.2) is 30.7 Å². The van der Waals surface area contributed by atoms with E-state index in [1.165, 1.54) is 0 Å². The average Bonchev–Trinajstić information content (AvgIpc) is 3.07. The Labute approximate surface area is 152 Å². The van der Waals surface area contributed by atoms with E-state index in [1.807, 2.05) is 36.6 Å².